The normalized spacial score (nSPS) is 13.5. The van der Waals surface area contributed by atoms with Crippen LogP contribution in [0.4, 0.5) is 0 Å². The van der Waals surface area contributed by atoms with E-state index >= 15 is 0 Å². The van der Waals surface area contributed by atoms with Crippen LogP contribution in [0.25, 0.3) is 0 Å². The summed E-state index contributed by atoms with van der Waals surface area (Å²) in [6, 6.07) is 14.3. The highest BCUT2D eigenvalue weighted by Crippen LogP contribution is 2.41. The Hall–Kier alpha value is -1.56. The summed E-state index contributed by atoms with van der Waals surface area (Å²) in [5.41, 5.74) is 9.60. The van der Waals surface area contributed by atoms with Gasteiger partial charge in [0.1, 0.15) is 0 Å². The van der Waals surface area contributed by atoms with E-state index in [0.717, 1.165) is 12.8 Å². The van der Waals surface area contributed by atoms with Crippen molar-refractivity contribution in [3.8, 4) is 0 Å². The zero-order chi connectivity index (χ0) is 23.8. The van der Waals surface area contributed by atoms with Crippen molar-refractivity contribution < 1.29 is 0 Å². The molecular weight excluding hydrogens is 372 g/mol. The summed E-state index contributed by atoms with van der Waals surface area (Å²) in [6.07, 6.45) is 3.47. The van der Waals surface area contributed by atoms with Gasteiger partial charge in [0.2, 0.25) is 0 Å². The lowest BCUT2D eigenvalue weighted by atomic mass is 9.68. The molecule has 0 atom stereocenters. The molecule has 0 spiro atoms. The summed E-state index contributed by atoms with van der Waals surface area (Å²) < 4.78 is 0. The number of benzene rings is 2. The topological polar surface area (TPSA) is 0 Å². The van der Waals surface area contributed by atoms with Crippen molar-refractivity contribution in [2.75, 3.05) is 0 Å². The highest BCUT2D eigenvalue weighted by molar-refractivity contribution is 5.49. The van der Waals surface area contributed by atoms with Crippen LogP contribution in [0.5, 0.6) is 0 Å². The van der Waals surface area contributed by atoms with Crippen molar-refractivity contribution in [3.63, 3.8) is 0 Å². The van der Waals surface area contributed by atoms with Gasteiger partial charge in [0.25, 0.3) is 0 Å². The molecule has 0 saturated carbocycles. The molecule has 0 nitrogen and oxygen atoms in total. The van der Waals surface area contributed by atoms with E-state index in [9.17, 15) is 0 Å². The molecule has 0 radical (unpaired) electrons. The van der Waals surface area contributed by atoms with Crippen molar-refractivity contribution >= 4 is 0 Å². The third kappa shape index (κ3) is 6.71. The number of hydrogen-bond donors (Lipinski definition) is 0. The van der Waals surface area contributed by atoms with E-state index in [4.69, 9.17) is 0 Å². The van der Waals surface area contributed by atoms with Crippen molar-refractivity contribution in [1.82, 2.24) is 0 Å². The standard InChI is InChI=1S/C31H48/c1-28(2,3)24-18-16-22(17-19-24)14-13-15-23-20-25(29(4,5)6)27(31(10,11)12)26(21-23)30(7,8)9/h16-21H,13-15H2,1-12H3. The Morgan fingerprint density at radius 1 is 0.484 bits per heavy atom. The first-order chi connectivity index (χ1) is 13.9. The molecule has 31 heavy (non-hydrogen) atoms. The summed E-state index contributed by atoms with van der Waals surface area (Å²) in [4.78, 5) is 0. The third-order valence-electron chi connectivity index (χ3n) is 6.32. The molecule has 0 unspecified atom stereocenters. The van der Waals surface area contributed by atoms with Crippen LogP contribution in [0, 0.1) is 0 Å². The first-order valence-electron chi connectivity index (χ1n) is 12.2. The zero-order valence-electron chi connectivity index (χ0n) is 22.6. The number of hydrogen-bond acceptors (Lipinski definition) is 0. The minimum atomic E-state index is 0.137. The van der Waals surface area contributed by atoms with E-state index in [2.05, 4.69) is 119 Å². The Labute approximate surface area is 193 Å². The maximum atomic E-state index is 2.51. The molecule has 2 aromatic carbocycles. The molecule has 172 valence electrons. The van der Waals surface area contributed by atoms with Gasteiger partial charge in [-0.15, -0.1) is 0 Å². The predicted molar refractivity (Wildman–Crippen MR) is 140 cm³/mol. The van der Waals surface area contributed by atoms with Crippen molar-refractivity contribution in [3.05, 3.63) is 69.8 Å². The summed E-state index contributed by atoms with van der Waals surface area (Å²) >= 11 is 0. The van der Waals surface area contributed by atoms with Crippen LogP contribution in [0.15, 0.2) is 36.4 Å². The van der Waals surface area contributed by atoms with E-state index in [-0.39, 0.29) is 21.7 Å². The van der Waals surface area contributed by atoms with Crippen molar-refractivity contribution in [2.24, 2.45) is 0 Å². The molecule has 0 aliphatic rings. The fraction of sp³-hybridized carbons (Fsp3) is 0.613. The quantitative estimate of drug-likeness (QED) is 0.462. The second kappa shape index (κ2) is 8.76. The monoisotopic (exact) mass is 420 g/mol. The van der Waals surface area contributed by atoms with E-state index in [1.165, 1.54) is 34.2 Å². The number of rotatable bonds is 4. The lowest BCUT2D eigenvalue weighted by molar-refractivity contribution is 0.496. The average molecular weight is 421 g/mol. The Balaban J connectivity index is 2.33. The first-order valence-corrected chi connectivity index (χ1v) is 12.2. The van der Waals surface area contributed by atoms with Gasteiger partial charge in [0.15, 0.2) is 0 Å². The SMILES string of the molecule is CC(C)(C)c1ccc(CCCc2cc(C(C)(C)C)c(C(C)(C)C)c(C(C)(C)C)c2)cc1. The molecule has 0 heteroatoms. The van der Waals surface area contributed by atoms with Gasteiger partial charge in [0, 0.05) is 0 Å². The summed E-state index contributed by atoms with van der Waals surface area (Å²) in [6.45, 7) is 28.1. The van der Waals surface area contributed by atoms with E-state index in [1.54, 1.807) is 5.56 Å². The molecule has 0 N–H and O–H groups in total. The largest absolute Gasteiger partial charge is 0.0588 e. The zero-order valence-corrected chi connectivity index (χ0v) is 22.6. The van der Waals surface area contributed by atoms with Crippen LogP contribution in [-0.2, 0) is 34.5 Å². The molecule has 0 heterocycles. The van der Waals surface area contributed by atoms with Crippen LogP contribution < -0.4 is 0 Å². The Bertz CT molecular complexity index is 831. The Morgan fingerprint density at radius 2 is 0.903 bits per heavy atom. The van der Waals surface area contributed by atoms with Gasteiger partial charge in [0.05, 0.1) is 0 Å². The minimum Gasteiger partial charge on any atom is -0.0588 e. The molecule has 0 bridgehead atoms. The number of aryl methyl sites for hydroxylation is 2. The van der Waals surface area contributed by atoms with Gasteiger partial charge in [-0.2, -0.15) is 0 Å². The summed E-state index contributed by atoms with van der Waals surface area (Å²) in [5.74, 6) is 0. The van der Waals surface area contributed by atoms with Crippen LogP contribution >= 0.6 is 0 Å². The lowest BCUT2D eigenvalue weighted by Crippen LogP contribution is -2.28. The average Bonchev–Trinajstić information content (AvgIpc) is 2.58. The minimum absolute atomic E-state index is 0.137. The van der Waals surface area contributed by atoms with Gasteiger partial charge >= 0.3 is 0 Å². The van der Waals surface area contributed by atoms with Crippen LogP contribution in [0.1, 0.15) is 123 Å². The molecular formula is C31H48. The summed E-state index contributed by atoms with van der Waals surface area (Å²) in [7, 11) is 0. The van der Waals surface area contributed by atoms with Crippen LogP contribution in [0.3, 0.4) is 0 Å². The van der Waals surface area contributed by atoms with Crippen molar-refractivity contribution in [1.29, 1.82) is 0 Å². The lowest BCUT2D eigenvalue weighted by Gasteiger charge is -2.37. The van der Waals surface area contributed by atoms with Crippen LogP contribution in [-0.4, -0.2) is 0 Å². The molecule has 2 aromatic rings. The second-order valence-electron chi connectivity index (χ2n) is 13.6. The predicted octanol–water partition coefficient (Wildman–Crippen LogP) is 9.05. The van der Waals surface area contributed by atoms with Gasteiger partial charge in [-0.1, -0.05) is 119 Å². The third-order valence-corrected chi connectivity index (χ3v) is 6.32. The van der Waals surface area contributed by atoms with E-state index in [0.29, 0.717) is 0 Å². The van der Waals surface area contributed by atoms with Gasteiger partial charge in [-0.3, -0.25) is 0 Å². The van der Waals surface area contributed by atoms with Crippen LogP contribution in [0.2, 0.25) is 0 Å². The fourth-order valence-corrected chi connectivity index (χ4v) is 4.51. The second-order valence-corrected chi connectivity index (χ2v) is 13.6. The van der Waals surface area contributed by atoms with E-state index < -0.39 is 0 Å². The van der Waals surface area contributed by atoms with Gasteiger partial charge in [-0.25, -0.2) is 0 Å². The highest BCUT2D eigenvalue weighted by atomic mass is 14.4. The fourth-order valence-electron chi connectivity index (χ4n) is 4.51. The molecule has 2 rings (SSSR count). The maximum Gasteiger partial charge on any atom is -0.0126 e. The molecule has 0 aromatic heterocycles. The van der Waals surface area contributed by atoms with E-state index in [1.807, 2.05) is 0 Å². The molecule has 0 aliphatic carbocycles. The van der Waals surface area contributed by atoms with Gasteiger partial charge < -0.3 is 0 Å². The Morgan fingerprint density at radius 3 is 1.26 bits per heavy atom. The highest BCUT2D eigenvalue weighted by Gasteiger charge is 2.32. The van der Waals surface area contributed by atoms with Crippen molar-refractivity contribution in [2.45, 2.75) is 124 Å². The smallest absolute Gasteiger partial charge is 0.0126 e. The molecule has 0 saturated heterocycles. The molecule has 0 fully saturated rings. The van der Waals surface area contributed by atoms with Gasteiger partial charge in [-0.05, 0) is 74.3 Å². The molecule has 0 amide bonds. The Kier molecular flexibility index (Phi) is 7.26. The summed E-state index contributed by atoms with van der Waals surface area (Å²) in [5, 5.41) is 0. The maximum absolute atomic E-state index is 2.51. The molecule has 0 aliphatic heterocycles. The first kappa shape index (κ1) is 25.7.